The van der Waals surface area contributed by atoms with Crippen molar-refractivity contribution < 1.29 is 9.50 Å². The molecule has 0 aromatic carbocycles. The number of hydrogen-bond acceptors (Lipinski definition) is 2. The zero-order valence-electron chi connectivity index (χ0n) is 16.4. The normalized spacial score (nSPS) is 43.3. The third kappa shape index (κ3) is 2.50. The second-order valence-electron chi connectivity index (χ2n) is 9.84. The van der Waals surface area contributed by atoms with Crippen molar-refractivity contribution in [3.05, 3.63) is 47.6 Å². The maximum atomic E-state index is 13.3. The van der Waals surface area contributed by atoms with Gasteiger partial charge in [0.1, 0.15) is 0 Å². The maximum Gasteiger partial charge on any atom is 0.212 e. The lowest BCUT2D eigenvalue weighted by Gasteiger charge is -2.57. The maximum absolute atomic E-state index is 13.3. The Balaban J connectivity index is 1.46. The summed E-state index contributed by atoms with van der Waals surface area (Å²) < 4.78 is 13.3. The third-order valence-corrected chi connectivity index (χ3v) is 8.70. The molecule has 1 aromatic rings. The Hall–Kier alpha value is -1.48. The standard InChI is InChI=1S/C24H30FNO/c1-23-11-9-17(27)13-16(23)4-5-18-20-7-6-19(15-3-8-22(25)26-14-15)24(20,2)12-10-21(18)23/h3-4,6,8,14,17-18,20-21,27H,5,7,9-13H2,1-2H3/t17-,18-,20-,21?,23-,24+/m0/s1. The quantitative estimate of drug-likeness (QED) is 0.522. The minimum Gasteiger partial charge on any atom is -0.393 e. The molecule has 0 bridgehead atoms. The summed E-state index contributed by atoms with van der Waals surface area (Å²) >= 11 is 0. The van der Waals surface area contributed by atoms with Crippen molar-refractivity contribution in [3.63, 3.8) is 0 Å². The Morgan fingerprint density at radius 3 is 2.63 bits per heavy atom. The average molecular weight is 368 g/mol. The molecule has 0 amide bonds. The number of aromatic nitrogens is 1. The lowest BCUT2D eigenvalue weighted by atomic mass is 9.47. The van der Waals surface area contributed by atoms with E-state index in [1.807, 2.05) is 6.07 Å². The zero-order valence-corrected chi connectivity index (χ0v) is 16.4. The van der Waals surface area contributed by atoms with E-state index in [1.165, 1.54) is 30.1 Å². The largest absolute Gasteiger partial charge is 0.393 e. The van der Waals surface area contributed by atoms with Crippen LogP contribution in [0.3, 0.4) is 0 Å². The first-order chi connectivity index (χ1) is 12.9. The van der Waals surface area contributed by atoms with E-state index in [9.17, 15) is 9.50 Å². The second-order valence-corrected chi connectivity index (χ2v) is 9.84. The van der Waals surface area contributed by atoms with Crippen LogP contribution >= 0.6 is 0 Å². The summed E-state index contributed by atoms with van der Waals surface area (Å²) in [5.41, 5.74) is 4.47. The van der Waals surface area contributed by atoms with E-state index in [4.69, 9.17) is 0 Å². The molecular weight excluding hydrogens is 337 g/mol. The number of fused-ring (bicyclic) bond motifs is 5. The molecule has 4 aliphatic carbocycles. The fraction of sp³-hybridized carbons (Fsp3) is 0.625. The molecule has 0 radical (unpaired) electrons. The highest BCUT2D eigenvalue weighted by atomic mass is 19.1. The van der Waals surface area contributed by atoms with Gasteiger partial charge in [-0.3, -0.25) is 0 Å². The molecule has 2 nitrogen and oxygen atoms in total. The van der Waals surface area contributed by atoms with Crippen LogP contribution in [0.4, 0.5) is 4.39 Å². The molecule has 2 saturated carbocycles. The number of nitrogens with zero attached hydrogens (tertiary/aromatic N) is 1. The predicted molar refractivity (Wildman–Crippen MR) is 105 cm³/mol. The van der Waals surface area contributed by atoms with Gasteiger partial charge in [0.25, 0.3) is 0 Å². The van der Waals surface area contributed by atoms with Crippen molar-refractivity contribution in [3.8, 4) is 0 Å². The Morgan fingerprint density at radius 1 is 1.04 bits per heavy atom. The zero-order chi connectivity index (χ0) is 18.8. The van der Waals surface area contributed by atoms with E-state index < -0.39 is 5.95 Å². The number of allylic oxidation sites excluding steroid dienone is 3. The molecule has 3 heteroatoms. The number of hydrogen-bond donors (Lipinski definition) is 1. The van der Waals surface area contributed by atoms with Gasteiger partial charge in [0.15, 0.2) is 0 Å². The minimum atomic E-state index is -0.403. The molecule has 1 N–H and O–H groups in total. The molecule has 6 atom stereocenters. The van der Waals surface area contributed by atoms with E-state index in [0.29, 0.717) is 5.92 Å². The van der Waals surface area contributed by atoms with Crippen molar-refractivity contribution in [1.29, 1.82) is 0 Å². The first-order valence-corrected chi connectivity index (χ1v) is 10.6. The molecule has 0 aliphatic heterocycles. The van der Waals surface area contributed by atoms with E-state index in [2.05, 4.69) is 31.0 Å². The molecule has 0 saturated heterocycles. The van der Waals surface area contributed by atoms with Crippen molar-refractivity contribution in [2.45, 2.75) is 64.9 Å². The summed E-state index contributed by atoms with van der Waals surface area (Å²) in [6, 6.07) is 3.39. The molecule has 2 fully saturated rings. The van der Waals surface area contributed by atoms with Gasteiger partial charge >= 0.3 is 0 Å². The number of aliphatic hydroxyl groups excluding tert-OH is 1. The van der Waals surface area contributed by atoms with Gasteiger partial charge in [-0.05, 0) is 96.8 Å². The second kappa shape index (κ2) is 6.01. The van der Waals surface area contributed by atoms with Crippen molar-refractivity contribution >= 4 is 5.57 Å². The molecule has 5 rings (SSSR count). The fourth-order valence-corrected chi connectivity index (χ4v) is 7.19. The molecule has 4 aliphatic rings. The van der Waals surface area contributed by atoms with Crippen LogP contribution in [0.15, 0.2) is 36.1 Å². The van der Waals surface area contributed by atoms with E-state index in [-0.39, 0.29) is 16.9 Å². The summed E-state index contributed by atoms with van der Waals surface area (Å²) in [5, 5.41) is 10.1. The van der Waals surface area contributed by atoms with Crippen molar-refractivity contribution in [2.75, 3.05) is 0 Å². The number of rotatable bonds is 1. The van der Waals surface area contributed by atoms with Crippen LogP contribution in [0.2, 0.25) is 0 Å². The van der Waals surface area contributed by atoms with Crippen molar-refractivity contribution in [2.24, 2.45) is 28.6 Å². The summed E-state index contributed by atoms with van der Waals surface area (Å²) in [4.78, 5) is 3.91. The summed E-state index contributed by atoms with van der Waals surface area (Å²) in [7, 11) is 0. The van der Waals surface area contributed by atoms with Crippen LogP contribution in [0.5, 0.6) is 0 Å². The first-order valence-electron chi connectivity index (χ1n) is 10.6. The fourth-order valence-electron chi connectivity index (χ4n) is 7.19. The van der Waals surface area contributed by atoms with Crippen LogP contribution in [0.1, 0.15) is 64.4 Å². The molecule has 1 unspecified atom stereocenters. The Bertz CT molecular complexity index is 812. The van der Waals surface area contributed by atoms with Crippen molar-refractivity contribution in [1.82, 2.24) is 4.98 Å². The van der Waals surface area contributed by atoms with Crippen LogP contribution in [-0.4, -0.2) is 16.2 Å². The van der Waals surface area contributed by atoms with Crippen LogP contribution < -0.4 is 0 Å². The van der Waals surface area contributed by atoms with Crippen LogP contribution in [0.25, 0.3) is 5.57 Å². The minimum absolute atomic E-state index is 0.138. The molecule has 1 aromatic heterocycles. The SMILES string of the molecule is C[C@]12CC[C@H](O)CC1=CC[C@@H]1C2CC[C@]2(C)C(c3ccc(F)nc3)=CC[C@@H]12. The third-order valence-electron chi connectivity index (χ3n) is 8.70. The highest BCUT2D eigenvalue weighted by Gasteiger charge is 2.56. The summed E-state index contributed by atoms with van der Waals surface area (Å²) in [6.07, 6.45) is 14.2. The highest BCUT2D eigenvalue weighted by Crippen LogP contribution is 2.66. The van der Waals surface area contributed by atoms with Gasteiger partial charge in [0.2, 0.25) is 5.95 Å². The lowest BCUT2D eigenvalue weighted by Crippen LogP contribution is -2.49. The molecule has 27 heavy (non-hydrogen) atoms. The van der Waals surface area contributed by atoms with Gasteiger partial charge in [-0.1, -0.05) is 31.6 Å². The average Bonchev–Trinajstić information content (AvgIpc) is 3.00. The van der Waals surface area contributed by atoms with Gasteiger partial charge in [0, 0.05) is 6.20 Å². The van der Waals surface area contributed by atoms with E-state index in [0.717, 1.165) is 49.5 Å². The van der Waals surface area contributed by atoms with Gasteiger partial charge in [-0.15, -0.1) is 0 Å². The van der Waals surface area contributed by atoms with E-state index >= 15 is 0 Å². The molecule has 0 spiro atoms. The van der Waals surface area contributed by atoms with Gasteiger partial charge in [0.05, 0.1) is 6.10 Å². The Kier molecular flexibility index (Phi) is 3.92. The predicted octanol–water partition coefficient (Wildman–Crippen LogP) is 5.54. The number of halogens is 1. The monoisotopic (exact) mass is 367 g/mol. The number of pyridine rings is 1. The first kappa shape index (κ1) is 17.6. The Morgan fingerprint density at radius 2 is 1.85 bits per heavy atom. The number of aliphatic hydroxyl groups is 1. The van der Waals surface area contributed by atoms with Gasteiger partial charge in [-0.2, -0.15) is 4.39 Å². The molecule has 144 valence electrons. The summed E-state index contributed by atoms with van der Waals surface area (Å²) in [6.45, 7) is 4.90. The smallest absolute Gasteiger partial charge is 0.212 e. The van der Waals surface area contributed by atoms with Gasteiger partial charge < -0.3 is 5.11 Å². The molecular formula is C24H30FNO. The summed E-state index contributed by atoms with van der Waals surface area (Å²) in [5.74, 6) is 1.72. The van der Waals surface area contributed by atoms with Crippen LogP contribution in [-0.2, 0) is 0 Å². The van der Waals surface area contributed by atoms with Gasteiger partial charge in [-0.25, -0.2) is 4.98 Å². The molecule has 1 heterocycles. The topological polar surface area (TPSA) is 33.1 Å². The van der Waals surface area contributed by atoms with E-state index in [1.54, 1.807) is 6.20 Å². The highest BCUT2D eigenvalue weighted by molar-refractivity contribution is 5.72. The Labute approximate surface area is 161 Å². The van der Waals surface area contributed by atoms with Crippen LogP contribution in [0, 0.1) is 34.5 Å². The lowest BCUT2D eigenvalue weighted by molar-refractivity contribution is -0.0238.